The molecule has 36 heavy (non-hydrogen) atoms. The van der Waals surface area contributed by atoms with Gasteiger partial charge in [-0.25, -0.2) is 0 Å². The van der Waals surface area contributed by atoms with Gasteiger partial charge < -0.3 is 0 Å². The maximum absolute atomic E-state index is 6.89. The Morgan fingerprint density at radius 1 is 0.861 bits per heavy atom. The number of hydrogen-bond acceptors (Lipinski definition) is 3. The molecule has 4 heteroatoms. The fourth-order valence-corrected chi connectivity index (χ4v) is 6.58. The summed E-state index contributed by atoms with van der Waals surface area (Å²) in [6, 6.07) is 32.3. The monoisotopic (exact) mass is 516 g/mol. The molecule has 1 aliphatic carbocycles. The normalized spacial score (nSPS) is 26.2. The first-order valence-corrected chi connectivity index (χ1v) is 13.8. The van der Waals surface area contributed by atoms with Gasteiger partial charge in [-0.05, 0) is 0 Å². The Morgan fingerprint density at radius 3 is 2.08 bits per heavy atom. The average Bonchev–Trinajstić information content (AvgIpc) is 3.36. The molecule has 1 aliphatic heterocycles. The van der Waals surface area contributed by atoms with Gasteiger partial charge >= 0.3 is 224 Å². The van der Waals surface area contributed by atoms with E-state index in [1.165, 1.54) is 29.5 Å². The zero-order chi connectivity index (χ0) is 25.1. The Bertz CT molecular complexity index is 1190. The molecule has 2 aliphatic rings. The Hall–Kier alpha value is -2.51. The van der Waals surface area contributed by atoms with Crippen molar-refractivity contribution >= 4 is 10.3 Å². The van der Waals surface area contributed by atoms with E-state index in [-0.39, 0.29) is 23.5 Å². The summed E-state index contributed by atoms with van der Waals surface area (Å²) in [5.41, 5.74) is 8.27. The van der Waals surface area contributed by atoms with Gasteiger partial charge in [0.2, 0.25) is 0 Å². The fourth-order valence-electron chi connectivity index (χ4n) is 6.12. The third kappa shape index (κ3) is 5.14. The Kier molecular flexibility index (Phi) is 7.58. The molecule has 1 fully saturated rings. The van der Waals surface area contributed by atoms with Crippen molar-refractivity contribution in [2.75, 3.05) is 0 Å². The third-order valence-corrected chi connectivity index (χ3v) is 8.71. The molecule has 1 N–H and O–H groups in total. The summed E-state index contributed by atoms with van der Waals surface area (Å²) in [7, 11) is 0. The first kappa shape index (κ1) is 25.2. The van der Waals surface area contributed by atoms with Crippen molar-refractivity contribution in [2.45, 2.75) is 63.5 Å². The van der Waals surface area contributed by atoms with E-state index < -0.39 is 0 Å². The number of nitrogens with zero attached hydrogens (tertiary/aromatic N) is 1. The molecule has 0 radical (unpaired) electrons. The summed E-state index contributed by atoms with van der Waals surface area (Å²) in [5, 5.41) is 4.85. The molecule has 3 aromatic rings. The third-order valence-electron chi connectivity index (χ3n) is 8.24. The van der Waals surface area contributed by atoms with Gasteiger partial charge in [0.25, 0.3) is 0 Å². The van der Waals surface area contributed by atoms with Crippen molar-refractivity contribution in [1.82, 2.24) is 5.43 Å². The maximum atomic E-state index is 6.89. The number of rotatable bonds is 7. The van der Waals surface area contributed by atoms with E-state index in [0.717, 1.165) is 16.7 Å². The van der Waals surface area contributed by atoms with Crippen molar-refractivity contribution in [1.29, 1.82) is 0 Å². The molecule has 0 bridgehead atoms. The van der Waals surface area contributed by atoms with Crippen molar-refractivity contribution in [3.8, 4) is 0 Å². The number of hydrazone groups is 1. The summed E-state index contributed by atoms with van der Waals surface area (Å²) in [6.07, 6.45) is 3.61. The van der Waals surface area contributed by atoms with Crippen LogP contribution in [0, 0.1) is 11.8 Å². The SMILES string of the molecule is C[C@@H]1CC[C@@H](C(C)(C)c2ccccc2)[C@H](O[C](=[Cr])C2=NN[C@@H](c3ccccc3)[C@@H]2c2ccccc2)C1. The van der Waals surface area contributed by atoms with Crippen LogP contribution in [0.25, 0.3) is 0 Å². The van der Waals surface area contributed by atoms with Gasteiger partial charge in [0.1, 0.15) is 0 Å². The molecular formula is C32H36CrN2O. The van der Waals surface area contributed by atoms with E-state index in [1.54, 1.807) is 0 Å². The van der Waals surface area contributed by atoms with Gasteiger partial charge in [-0.2, -0.15) is 0 Å². The standard InChI is InChI=1S/C32H36N2O.Cr/c1-23-19-20-27(32(2,3)26-17-11-6-12-18-26)29(21-23)35-22-28-30(24-13-7-4-8-14-24)31(34-33-28)25-15-9-5-10-16-25;/h4-18,23,27,29-31,34H,19-21H2,1-3H3;/t23-,27-,29-,30-,31+;/m1./s1. The summed E-state index contributed by atoms with van der Waals surface area (Å²) >= 11 is 3.29. The second-order valence-electron chi connectivity index (χ2n) is 11.0. The zero-order valence-corrected chi connectivity index (χ0v) is 22.7. The van der Waals surface area contributed by atoms with E-state index in [1.807, 2.05) is 0 Å². The average molecular weight is 517 g/mol. The van der Waals surface area contributed by atoms with Crippen LogP contribution in [0.1, 0.15) is 68.7 Å². The number of benzene rings is 3. The van der Waals surface area contributed by atoms with E-state index >= 15 is 0 Å². The Labute approximate surface area is 223 Å². The molecular weight excluding hydrogens is 480 g/mol. The van der Waals surface area contributed by atoms with Crippen LogP contribution >= 0.6 is 0 Å². The molecule has 0 saturated heterocycles. The van der Waals surface area contributed by atoms with Crippen LogP contribution in [0.5, 0.6) is 0 Å². The number of nitrogens with one attached hydrogen (secondary N) is 1. The molecule has 0 aromatic heterocycles. The molecule has 0 unspecified atom stereocenters. The van der Waals surface area contributed by atoms with Crippen LogP contribution in [0.2, 0.25) is 0 Å². The first-order valence-electron chi connectivity index (χ1n) is 13.1. The molecule has 1 saturated carbocycles. The summed E-state index contributed by atoms with van der Waals surface area (Å²) in [5.74, 6) is 1.15. The van der Waals surface area contributed by atoms with Gasteiger partial charge in [0.05, 0.1) is 0 Å². The van der Waals surface area contributed by atoms with Gasteiger partial charge in [-0.3, -0.25) is 0 Å². The van der Waals surface area contributed by atoms with E-state index in [4.69, 9.17) is 9.84 Å². The van der Waals surface area contributed by atoms with Crippen LogP contribution in [-0.4, -0.2) is 16.4 Å². The molecule has 5 atom stereocenters. The van der Waals surface area contributed by atoms with Crippen LogP contribution in [0.15, 0.2) is 96.1 Å². The second-order valence-corrected chi connectivity index (χ2v) is 11.5. The Morgan fingerprint density at radius 2 is 1.44 bits per heavy atom. The van der Waals surface area contributed by atoms with Crippen molar-refractivity contribution in [2.24, 2.45) is 16.9 Å². The van der Waals surface area contributed by atoms with Gasteiger partial charge in [-0.1, -0.05) is 0 Å². The van der Waals surface area contributed by atoms with E-state index in [9.17, 15) is 0 Å². The van der Waals surface area contributed by atoms with Crippen molar-refractivity contribution in [3.63, 3.8) is 0 Å². The molecule has 186 valence electrons. The van der Waals surface area contributed by atoms with Crippen LogP contribution in [-0.2, 0) is 26.0 Å². The van der Waals surface area contributed by atoms with Crippen LogP contribution < -0.4 is 5.43 Å². The summed E-state index contributed by atoms with van der Waals surface area (Å²) in [6.45, 7) is 7.12. The Balaban J connectivity index is 1.42. The zero-order valence-electron chi connectivity index (χ0n) is 21.4. The van der Waals surface area contributed by atoms with Gasteiger partial charge in [0.15, 0.2) is 0 Å². The molecule has 3 nitrogen and oxygen atoms in total. The molecule has 0 amide bonds. The van der Waals surface area contributed by atoms with Gasteiger partial charge in [0, 0.05) is 0 Å². The fraction of sp³-hybridized carbons (Fsp3) is 0.375. The quantitative estimate of drug-likeness (QED) is 0.369. The first-order chi connectivity index (χ1) is 17.4. The molecule has 3 aromatic carbocycles. The predicted octanol–water partition coefficient (Wildman–Crippen LogP) is 6.95. The molecule has 1 heterocycles. The van der Waals surface area contributed by atoms with E-state index in [0.29, 0.717) is 11.8 Å². The van der Waals surface area contributed by atoms with Crippen LogP contribution in [0.3, 0.4) is 0 Å². The second kappa shape index (κ2) is 10.9. The van der Waals surface area contributed by atoms with Gasteiger partial charge in [-0.15, -0.1) is 0 Å². The molecule has 5 rings (SSSR count). The minimum atomic E-state index is 0.0213. The number of hydrogen-bond donors (Lipinski definition) is 1. The van der Waals surface area contributed by atoms with Crippen LogP contribution in [0.4, 0.5) is 0 Å². The summed E-state index contributed by atoms with van der Waals surface area (Å²) in [4.78, 5) is 0. The van der Waals surface area contributed by atoms with Crippen molar-refractivity contribution < 1.29 is 20.6 Å². The topological polar surface area (TPSA) is 33.6 Å². The molecule has 0 spiro atoms. The summed E-state index contributed by atoms with van der Waals surface area (Å²) < 4.78 is 7.71. The number of ether oxygens (including phenoxy) is 1. The minimum absolute atomic E-state index is 0.0213. The van der Waals surface area contributed by atoms with E-state index in [2.05, 4.69) is 133 Å². The predicted molar refractivity (Wildman–Crippen MR) is 145 cm³/mol. The van der Waals surface area contributed by atoms with Crippen molar-refractivity contribution in [3.05, 3.63) is 108 Å².